The molecule has 0 spiro atoms. The minimum Gasteiger partial charge on any atom is -0.358 e. The van der Waals surface area contributed by atoms with Crippen LogP contribution in [0, 0.1) is 13.8 Å². The first-order chi connectivity index (χ1) is 12.2. The second kappa shape index (κ2) is 6.40. The van der Waals surface area contributed by atoms with Crippen LogP contribution in [-0.2, 0) is 0 Å². The van der Waals surface area contributed by atoms with Gasteiger partial charge in [0, 0.05) is 34.1 Å². The van der Waals surface area contributed by atoms with Crippen molar-refractivity contribution in [2.75, 3.05) is 5.32 Å². The lowest BCUT2D eigenvalue weighted by atomic mass is 9.99. The second-order valence-electron chi connectivity index (χ2n) is 6.21. The molecule has 0 radical (unpaired) electrons. The van der Waals surface area contributed by atoms with Crippen LogP contribution in [0.15, 0.2) is 66.9 Å². The third-order valence-electron chi connectivity index (χ3n) is 4.40. The molecular formula is C21H20N4. The zero-order chi connectivity index (χ0) is 17.2. The van der Waals surface area contributed by atoms with Crippen LogP contribution >= 0.6 is 0 Å². The van der Waals surface area contributed by atoms with Gasteiger partial charge >= 0.3 is 0 Å². The largest absolute Gasteiger partial charge is 0.358 e. The number of aryl methyl sites for hydroxylation is 2. The molecule has 0 aliphatic rings. The topological polar surface area (TPSA) is 53.6 Å². The van der Waals surface area contributed by atoms with Gasteiger partial charge in [0.2, 0.25) is 0 Å². The number of benzene rings is 1. The van der Waals surface area contributed by atoms with Gasteiger partial charge in [-0.25, -0.2) is 4.98 Å². The normalized spacial score (nSPS) is 12.2. The van der Waals surface area contributed by atoms with Crippen LogP contribution in [0.1, 0.15) is 28.7 Å². The fraction of sp³-hybridized carbons (Fsp3) is 0.143. The molecule has 25 heavy (non-hydrogen) atoms. The summed E-state index contributed by atoms with van der Waals surface area (Å²) < 4.78 is 0. The summed E-state index contributed by atoms with van der Waals surface area (Å²) in [4.78, 5) is 12.7. The first kappa shape index (κ1) is 15.4. The Balaban J connectivity index is 1.87. The summed E-state index contributed by atoms with van der Waals surface area (Å²) in [7, 11) is 0. The molecule has 1 atom stereocenters. The second-order valence-corrected chi connectivity index (χ2v) is 6.21. The number of hydrogen-bond donors (Lipinski definition) is 2. The standard InChI is InChI=1S/C21H20N4/c1-14-8-7-12-19(23-14)25-21(18-11-5-6-13-22-18)20-15(2)24-17-10-4-3-9-16(17)20/h3-13,21,24H,1-2H3,(H,23,25)/t21-/m1/s1. The van der Waals surface area contributed by atoms with Crippen LogP contribution in [0.2, 0.25) is 0 Å². The first-order valence-electron chi connectivity index (χ1n) is 8.41. The quantitative estimate of drug-likeness (QED) is 0.567. The number of aromatic nitrogens is 3. The SMILES string of the molecule is Cc1cccc(N[C@H](c2ccccn2)c2c(C)[nH]c3ccccc23)n1. The number of nitrogens with zero attached hydrogens (tertiary/aromatic N) is 2. The molecule has 3 heterocycles. The first-order valence-corrected chi connectivity index (χ1v) is 8.41. The van der Waals surface area contributed by atoms with E-state index in [-0.39, 0.29) is 6.04 Å². The summed E-state index contributed by atoms with van der Waals surface area (Å²) in [6.07, 6.45) is 1.83. The van der Waals surface area contributed by atoms with Gasteiger partial charge in [0.15, 0.2) is 0 Å². The van der Waals surface area contributed by atoms with Crippen LogP contribution in [0.4, 0.5) is 5.82 Å². The Morgan fingerprint density at radius 1 is 0.920 bits per heavy atom. The minimum absolute atomic E-state index is 0.0772. The van der Waals surface area contributed by atoms with E-state index in [1.807, 2.05) is 49.5 Å². The summed E-state index contributed by atoms with van der Waals surface area (Å²) in [5.41, 5.74) is 5.43. The number of aromatic amines is 1. The molecule has 0 unspecified atom stereocenters. The van der Waals surface area contributed by atoms with Crippen LogP contribution in [0.25, 0.3) is 10.9 Å². The Morgan fingerprint density at radius 3 is 2.56 bits per heavy atom. The zero-order valence-corrected chi connectivity index (χ0v) is 14.3. The predicted molar refractivity (Wildman–Crippen MR) is 102 cm³/mol. The molecule has 1 aromatic carbocycles. The fourth-order valence-corrected chi connectivity index (χ4v) is 3.28. The van der Waals surface area contributed by atoms with Crippen molar-refractivity contribution in [3.05, 3.63) is 89.5 Å². The molecule has 0 amide bonds. The van der Waals surface area contributed by atoms with Crippen molar-refractivity contribution in [3.8, 4) is 0 Å². The number of nitrogens with one attached hydrogen (secondary N) is 2. The van der Waals surface area contributed by atoms with E-state index in [4.69, 9.17) is 0 Å². The number of rotatable bonds is 4. The number of para-hydroxylation sites is 1. The Hall–Kier alpha value is -3.14. The van der Waals surface area contributed by atoms with Crippen molar-refractivity contribution < 1.29 is 0 Å². The van der Waals surface area contributed by atoms with E-state index in [0.29, 0.717) is 0 Å². The molecule has 0 aliphatic heterocycles. The van der Waals surface area contributed by atoms with Crippen LogP contribution in [0.5, 0.6) is 0 Å². The van der Waals surface area contributed by atoms with E-state index in [1.54, 1.807) is 0 Å². The van der Waals surface area contributed by atoms with Crippen molar-refractivity contribution in [1.82, 2.24) is 15.0 Å². The maximum absolute atomic E-state index is 4.61. The Labute approximate surface area is 147 Å². The summed E-state index contributed by atoms with van der Waals surface area (Å²) in [5, 5.41) is 4.78. The predicted octanol–water partition coefficient (Wildman–Crippen LogP) is 4.78. The van der Waals surface area contributed by atoms with Crippen molar-refractivity contribution in [1.29, 1.82) is 0 Å². The third-order valence-corrected chi connectivity index (χ3v) is 4.40. The lowest BCUT2D eigenvalue weighted by Gasteiger charge is -2.20. The van der Waals surface area contributed by atoms with Gasteiger partial charge in [0.05, 0.1) is 11.7 Å². The number of H-pyrrole nitrogens is 1. The number of hydrogen-bond acceptors (Lipinski definition) is 3. The van der Waals surface area contributed by atoms with Gasteiger partial charge < -0.3 is 10.3 Å². The third kappa shape index (κ3) is 2.98. The average molecular weight is 328 g/mol. The molecule has 0 aliphatic carbocycles. The number of pyridine rings is 2. The summed E-state index contributed by atoms with van der Waals surface area (Å²) in [6, 6.07) is 20.3. The lowest BCUT2D eigenvalue weighted by molar-refractivity contribution is 0.873. The van der Waals surface area contributed by atoms with E-state index >= 15 is 0 Å². The van der Waals surface area contributed by atoms with Gasteiger partial charge in [-0.05, 0) is 44.2 Å². The van der Waals surface area contributed by atoms with Crippen LogP contribution in [-0.4, -0.2) is 15.0 Å². The molecular weight excluding hydrogens is 308 g/mol. The maximum Gasteiger partial charge on any atom is 0.126 e. The smallest absolute Gasteiger partial charge is 0.126 e. The van der Waals surface area contributed by atoms with Crippen molar-refractivity contribution >= 4 is 16.7 Å². The maximum atomic E-state index is 4.61. The molecule has 3 aromatic heterocycles. The lowest BCUT2D eigenvalue weighted by Crippen LogP contribution is -2.15. The van der Waals surface area contributed by atoms with Crippen LogP contribution < -0.4 is 5.32 Å². The molecule has 4 nitrogen and oxygen atoms in total. The number of fused-ring (bicyclic) bond motifs is 1. The van der Waals surface area contributed by atoms with Crippen LogP contribution in [0.3, 0.4) is 0 Å². The Bertz CT molecular complexity index is 1000. The molecule has 124 valence electrons. The van der Waals surface area contributed by atoms with Crippen molar-refractivity contribution in [2.24, 2.45) is 0 Å². The minimum atomic E-state index is -0.0772. The molecule has 4 aromatic rings. The van der Waals surface area contributed by atoms with Gasteiger partial charge in [-0.1, -0.05) is 30.3 Å². The molecule has 0 fully saturated rings. The highest BCUT2D eigenvalue weighted by Crippen LogP contribution is 2.33. The van der Waals surface area contributed by atoms with Gasteiger partial charge in [-0.2, -0.15) is 0 Å². The van der Waals surface area contributed by atoms with Gasteiger partial charge in [0.1, 0.15) is 5.82 Å². The zero-order valence-electron chi connectivity index (χ0n) is 14.3. The van der Waals surface area contributed by atoms with E-state index < -0.39 is 0 Å². The highest BCUT2D eigenvalue weighted by Gasteiger charge is 2.22. The highest BCUT2D eigenvalue weighted by atomic mass is 15.0. The van der Waals surface area contributed by atoms with Gasteiger partial charge in [-0.3, -0.25) is 4.98 Å². The Morgan fingerprint density at radius 2 is 1.76 bits per heavy atom. The fourth-order valence-electron chi connectivity index (χ4n) is 3.28. The summed E-state index contributed by atoms with van der Waals surface area (Å²) in [6.45, 7) is 4.11. The van der Waals surface area contributed by atoms with Gasteiger partial charge in [0.25, 0.3) is 0 Å². The summed E-state index contributed by atoms with van der Waals surface area (Å²) in [5.74, 6) is 0.848. The van der Waals surface area contributed by atoms with E-state index in [0.717, 1.165) is 28.4 Å². The van der Waals surface area contributed by atoms with E-state index in [9.17, 15) is 0 Å². The van der Waals surface area contributed by atoms with E-state index in [2.05, 4.69) is 51.5 Å². The molecule has 0 saturated heterocycles. The van der Waals surface area contributed by atoms with Crippen molar-refractivity contribution in [2.45, 2.75) is 19.9 Å². The number of anilines is 1. The molecule has 4 rings (SSSR count). The monoisotopic (exact) mass is 328 g/mol. The van der Waals surface area contributed by atoms with Crippen molar-refractivity contribution in [3.63, 3.8) is 0 Å². The molecule has 2 N–H and O–H groups in total. The highest BCUT2D eigenvalue weighted by molar-refractivity contribution is 5.86. The molecule has 0 saturated carbocycles. The average Bonchev–Trinajstić information content (AvgIpc) is 2.96. The summed E-state index contributed by atoms with van der Waals surface area (Å²) >= 11 is 0. The molecule has 4 heteroatoms. The molecule has 0 bridgehead atoms. The van der Waals surface area contributed by atoms with E-state index in [1.165, 1.54) is 10.9 Å². The van der Waals surface area contributed by atoms with Gasteiger partial charge in [-0.15, -0.1) is 0 Å². The Kier molecular flexibility index (Phi) is 3.94.